The van der Waals surface area contributed by atoms with Crippen molar-refractivity contribution < 1.29 is 14.6 Å². The van der Waals surface area contributed by atoms with Crippen LogP contribution >= 0.6 is 0 Å². The molecule has 1 N–H and O–H groups in total. The molecule has 1 fully saturated rings. The molecule has 5 nitrogen and oxygen atoms in total. The predicted molar refractivity (Wildman–Crippen MR) is 79.8 cm³/mol. The van der Waals surface area contributed by atoms with Crippen LogP contribution in [0.3, 0.4) is 0 Å². The van der Waals surface area contributed by atoms with Crippen LogP contribution in [0.15, 0.2) is 0 Å². The van der Waals surface area contributed by atoms with Gasteiger partial charge < -0.3 is 9.84 Å². The Morgan fingerprint density at radius 1 is 1.29 bits per heavy atom. The monoisotopic (exact) mass is 292 g/mol. The smallest absolute Gasteiger partial charge is 0.341 e. The molecule has 1 saturated carbocycles. The van der Waals surface area contributed by atoms with Gasteiger partial charge in [0.2, 0.25) is 5.88 Å². The van der Waals surface area contributed by atoms with Gasteiger partial charge in [-0.2, -0.15) is 5.10 Å². The lowest BCUT2D eigenvalue weighted by molar-refractivity contribution is 0.0677. The molecule has 5 heteroatoms. The van der Waals surface area contributed by atoms with Gasteiger partial charge in [-0.25, -0.2) is 4.79 Å². The molecule has 1 aromatic rings. The summed E-state index contributed by atoms with van der Waals surface area (Å²) in [6.45, 7) is 6.10. The highest BCUT2D eigenvalue weighted by Crippen LogP contribution is 2.29. The van der Waals surface area contributed by atoms with Crippen molar-refractivity contribution in [3.8, 4) is 5.88 Å². The third kappa shape index (κ3) is 3.52. The van der Waals surface area contributed by atoms with Gasteiger partial charge in [-0.1, -0.05) is 27.2 Å². The number of carboxylic acids is 1. The molecule has 1 aliphatic rings. The summed E-state index contributed by atoms with van der Waals surface area (Å²) in [5.41, 5.74) is 1.70. The Morgan fingerprint density at radius 3 is 2.62 bits per heavy atom. The highest BCUT2D eigenvalue weighted by Gasteiger charge is 2.26. The summed E-state index contributed by atoms with van der Waals surface area (Å²) in [4.78, 5) is 11.6. The van der Waals surface area contributed by atoms with Crippen molar-refractivity contribution in [3.63, 3.8) is 0 Å². The lowest BCUT2D eigenvalue weighted by atomic mass is 9.89. The van der Waals surface area contributed by atoms with E-state index in [1.54, 1.807) is 0 Å². The van der Waals surface area contributed by atoms with Gasteiger partial charge in [0.15, 0.2) is 0 Å². The summed E-state index contributed by atoms with van der Waals surface area (Å²) in [5, 5.41) is 17.7. The Labute approximate surface area is 125 Å². The van der Waals surface area contributed by atoms with E-state index in [0.29, 0.717) is 18.8 Å². The van der Waals surface area contributed by atoms with Crippen molar-refractivity contribution in [2.24, 2.45) is 5.92 Å². The van der Waals surface area contributed by atoms with E-state index in [-0.39, 0.29) is 17.5 Å². The van der Waals surface area contributed by atoms with E-state index in [0.717, 1.165) is 30.5 Å². The largest absolute Gasteiger partial charge is 0.477 e. The zero-order valence-electron chi connectivity index (χ0n) is 13.1. The van der Waals surface area contributed by atoms with Crippen LogP contribution in [0.25, 0.3) is 0 Å². The maximum atomic E-state index is 11.6. The van der Waals surface area contributed by atoms with Crippen LogP contribution in [0.2, 0.25) is 0 Å². The van der Waals surface area contributed by atoms with Crippen molar-refractivity contribution in [1.82, 2.24) is 10.2 Å². The van der Waals surface area contributed by atoms with Gasteiger partial charge in [0.25, 0.3) is 0 Å². The molecule has 116 valence electrons. The molecule has 1 aromatic heterocycles. The molecule has 1 heterocycles. The molecule has 0 amide bonds. The fourth-order valence-corrected chi connectivity index (χ4v) is 3.10. The molecule has 0 spiro atoms. The number of aromatic nitrogens is 2. The van der Waals surface area contributed by atoms with Crippen molar-refractivity contribution in [2.45, 2.75) is 65.4 Å². The molecular formula is C16H24N2O3. The van der Waals surface area contributed by atoms with Crippen molar-refractivity contribution in [1.29, 1.82) is 0 Å². The first-order valence-corrected chi connectivity index (χ1v) is 7.85. The van der Waals surface area contributed by atoms with Crippen LogP contribution in [0.4, 0.5) is 0 Å². The molecule has 0 radical (unpaired) electrons. The minimum absolute atomic E-state index is 0.0540. The van der Waals surface area contributed by atoms with E-state index in [4.69, 9.17) is 4.74 Å². The lowest BCUT2D eigenvalue weighted by Gasteiger charge is -2.27. The van der Waals surface area contributed by atoms with Crippen molar-refractivity contribution in [2.75, 3.05) is 0 Å². The van der Waals surface area contributed by atoms with Crippen LogP contribution < -0.4 is 4.74 Å². The number of hydrogen-bond acceptors (Lipinski definition) is 4. The van der Waals surface area contributed by atoms with Crippen LogP contribution in [-0.2, 0) is 12.8 Å². The fraction of sp³-hybridized carbons (Fsp3) is 0.688. The third-order valence-corrected chi connectivity index (χ3v) is 4.19. The third-order valence-electron chi connectivity index (χ3n) is 4.19. The standard InChI is InChI=1S/C16H24N2O3/c1-4-12-13(5-2)17-18-15(14(12)16(19)20)21-11-8-6-7-10(3)9-11/h10-11H,4-9H2,1-3H3,(H,19,20). The maximum absolute atomic E-state index is 11.6. The Balaban J connectivity index is 2.32. The average Bonchev–Trinajstić information content (AvgIpc) is 2.46. The zero-order valence-corrected chi connectivity index (χ0v) is 13.1. The number of nitrogens with zero attached hydrogens (tertiary/aromatic N) is 2. The van der Waals surface area contributed by atoms with Gasteiger partial charge in [-0.3, -0.25) is 0 Å². The molecule has 1 aliphatic carbocycles. The lowest BCUT2D eigenvalue weighted by Crippen LogP contribution is -2.26. The molecular weight excluding hydrogens is 268 g/mol. The maximum Gasteiger partial charge on any atom is 0.341 e. The van der Waals surface area contributed by atoms with Crippen LogP contribution in [0.5, 0.6) is 5.88 Å². The highest BCUT2D eigenvalue weighted by atomic mass is 16.5. The van der Waals surface area contributed by atoms with Gasteiger partial charge in [0.1, 0.15) is 11.7 Å². The Kier molecular flexibility index (Phi) is 5.15. The minimum Gasteiger partial charge on any atom is -0.477 e. The SMILES string of the molecule is CCc1nnc(OC2CCCC(C)C2)c(C(=O)O)c1CC. The van der Waals surface area contributed by atoms with E-state index >= 15 is 0 Å². The Bertz CT molecular complexity index is 516. The van der Waals surface area contributed by atoms with E-state index in [1.165, 1.54) is 6.42 Å². The van der Waals surface area contributed by atoms with Crippen LogP contribution in [0, 0.1) is 5.92 Å². The van der Waals surface area contributed by atoms with Crippen LogP contribution in [0.1, 0.15) is 68.1 Å². The first kappa shape index (κ1) is 15.7. The number of hydrogen-bond donors (Lipinski definition) is 1. The second kappa shape index (κ2) is 6.87. The van der Waals surface area contributed by atoms with Gasteiger partial charge in [-0.05, 0) is 43.6 Å². The second-order valence-corrected chi connectivity index (χ2v) is 5.83. The number of carboxylic acid groups (broad SMARTS) is 1. The van der Waals surface area contributed by atoms with Crippen LogP contribution in [-0.4, -0.2) is 27.4 Å². The first-order chi connectivity index (χ1) is 10.1. The summed E-state index contributed by atoms with van der Waals surface area (Å²) in [6.07, 6.45) is 5.61. The van der Waals surface area contributed by atoms with E-state index in [2.05, 4.69) is 17.1 Å². The summed E-state index contributed by atoms with van der Waals surface area (Å²) in [5.74, 6) is -0.170. The van der Waals surface area contributed by atoms with Gasteiger partial charge in [0, 0.05) is 0 Å². The first-order valence-electron chi connectivity index (χ1n) is 7.85. The quantitative estimate of drug-likeness (QED) is 0.901. The fourth-order valence-electron chi connectivity index (χ4n) is 3.10. The molecule has 2 rings (SSSR count). The van der Waals surface area contributed by atoms with E-state index < -0.39 is 5.97 Å². The highest BCUT2D eigenvalue weighted by molar-refractivity contribution is 5.92. The Hall–Kier alpha value is -1.65. The van der Waals surface area contributed by atoms with Crippen molar-refractivity contribution >= 4 is 5.97 Å². The molecule has 2 atom stereocenters. The van der Waals surface area contributed by atoms with E-state index in [9.17, 15) is 9.90 Å². The van der Waals surface area contributed by atoms with Gasteiger partial charge in [0.05, 0.1) is 5.69 Å². The number of ether oxygens (including phenoxy) is 1. The number of aromatic carboxylic acids is 1. The van der Waals surface area contributed by atoms with Gasteiger partial charge in [-0.15, -0.1) is 5.10 Å². The summed E-state index contributed by atoms with van der Waals surface area (Å²) in [6, 6.07) is 0. The number of aryl methyl sites for hydroxylation is 1. The summed E-state index contributed by atoms with van der Waals surface area (Å²) >= 11 is 0. The predicted octanol–water partition coefficient (Wildman–Crippen LogP) is 3.26. The second-order valence-electron chi connectivity index (χ2n) is 5.83. The molecule has 0 saturated heterocycles. The number of carbonyl (C=O) groups is 1. The molecule has 21 heavy (non-hydrogen) atoms. The zero-order chi connectivity index (χ0) is 15.4. The topological polar surface area (TPSA) is 72.3 Å². The number of rotatable bonds is 5. The van der Waals surface area contributed by atoms with Crippen molar-refractivity contribution in [3.05, 3.63) is 16.8 Å². The van der Waals surface area contributed by atoms with Gasteiger partial charge >= 0.3 is 5.97 Å². The summed E-state index contributed by atoms with van der Waals surface area (Å²) < 4.78 is 5.91. The molecule has 0 bridgehead atoms. The molecule has 0 aliphatic heterocycles. The molecule has 0 aromatic carbocycles. The minimum atomic E-state index is -0.977. The molecule has 2 unspecified atom stereocenters. The average molecular weight is 292 g/mol. The normalized spacial score (nSPS) is 22.0. The Morgan fingerprint density at radius 2 is 2.05 bits per heavy atom. The van der Waals surface area contributed by atoms with E-state index in [1.807, 2.05) is 13.8 Å². The summed E-state index contributed by atoms with van der Waals surface area (Å²) in [7, 11) is 0.